The Bertz CT molecular complexity index is 195. The van der Waals surface area contributed by atoms with Crippen LogP contribution in [0.3, 0.4) is 0 Å². The van der Waals surface area contributed by atoms with E-state index < -0.39 is 0 Å². The molecule has 0 amide bonds. The maximum Gasteiger partial charge on any atom is 0.0726 e. The van der Waals surface area contributed by atoms with E-state index in [1.54, 1.807) is 0 Å². The fraction of sp³-hybridized carbons (Fsp3) is 0.818. The van der Waals surface area contributed by atoms with Crippen LogP contribution in [0.25, 0.3) is 0 Å². The van der Waals surface area contributed by atoms with Gasteiger partial charge in [-0.05, 0) is 38.0 Å². The van der Waals surface area contributed by atoms with Gasteiger partial charge in [0, 0.05) is 0 Å². The highest BCUT2D eigenvalue weighted by Gasteiger charge is 2.30. The van der Waals surface area contributed by atoms with Gasteiger partial charge in [-0.3, -0.25) is 0 Å². The van der Waals surface area contributed by atoms with Crippen molar-refractivity contribution >= 4 is 0 Å². The first-order chi connectivity index (χ1) is 5.77. The van der Waals surface area contributed by atoms with E-state index in [0.717, 1.165) is 18.3 Å². The molecular weight excluding hydrogens is 148 g/mol. The molecular formula is C11H18O. The molecule has 1 nitrogen and oxygen atoms in total. The Morgan fingerprint density at radius 3 is 2.92 bits per heavy atom. The SMILES string of the molecule is CC1=CC(O)CC2CCCCC12. The molecule has 1 saturated carbocycles. The summed E-state index contributed by atoms with van der Waals surface area (Å²) in [6, 6.07) is 0. The van der Waals surface area contributed by atoms with Crippen LogP contribution in [0, 0.1) is 11.8 Å². The summed E-state index contributed by atoms with van der Waals surface area (Å²) in [6.45, 7) is 2.19. The van der Waals surface area contributed by atoms with Crippen molar-refractivity contribution in [2.24, 2.45) is 11.8 Å². The molecule has 0 spiro atoms. The summed E-state index contributed by atoms with van der Waals surface area (Å²) in [7, 11) is 0. The van der Waals surface area contributed by atoms with E-state index in [0.29, 0.717) is 0 Å². The average molecular weight is 166 g/mol. The highest BCUT2D eigenvalue weighted by atomic mass is 16.3. The molecule has 0 aliphatic heterocycles. The predicted octanol–water partition coefficient (Wildman–Crippen LogP) is 2.50. The van der Waals surface area contributed by atoms with Gasteiger partial charge in [-0.2, -0.15) is 0 Å². The summed E-state index contributed by atoms with van der Waals surface area (Å²) in [4.78, 5) is 0. The summed E-state index contributed by atoms with van der Waals surface area (Å²) >= 11 is 0. The molecule has 0 aromatic carbocycles. The Balaban J connectivity index is 2.14. The van der Waals surface area contributed by atoms with Gasteiger partial charge in [-0.25, -0.2) is 0 Å². The first-order valence-corrected chi connectivity index (χ1v) is 5.14. The largest absolute Gasteiger partial charge is 0.389 e. The van der Waals surface area contributed by atoms with Gasteiger partial charge in [0.1, 0.15) is 0 Å². The summed E-state index contributed by atoms with van der Waals surface area (Å²) in [6.07, 6.45) is 8.40. The number of fused-ring (bicyclic) bond motifs is 1. The zero-order valence-corrected chi connectivity index (χ0v) is 7.79. The lowest BCUT2D eigenvalue weighted by Gasteiger charge is -2.37. The standard InChI is InChI=1S/C11H18O/c1-8-6-10(12)7-9-4-2-3-5-11(8)9/h6,9-12H,2-5,7H2,1H3. The second-order valence-electron chi connectivity index (χ2n) is 4.36. The van der Waals surface area contributed by atoms with Crippen molar-refractivity contribution in [1.82, 2.24) is 0 Å². The Morgan fingerprint density at radius 2 is 2.08 bits per heavy atom. The number of allylic oxidation sites excluding steroid dienone is 1. The number of rotatable bonds is 0. The Hall–Kier alpha value is -0.300. The van der Waals surface area contributed by atoms with Crippen LogP contribution < -0.4 is 0 Å². The fourth-order valence-electron chi connectivity index (χ4n) is 2.89. The lowest BCUT2D eigenvalue weighted by Crippen LogP contribution is -2.28. The third kappa shape index (κ3) is 1.42. The summed E-state index contributed by atoms with van der Waals surface area (Å²) in [5, 5.41) is 9.54. The third-order valence-corrected chi connectivity index (χ3v) is 3.49. The minimum atomic E-state index is -0.149. The van der Waals surface area contributed by atoms with Crippen LogP contribution in [-0.2, 0) is 0 Å². The minimum absolute atomic E-state index is 0.149. The normalized spacial score (nSPS) is 41.8. The molecule has 3 atom stereocenters. The van der Waals surface area contributed by atoms with Gasteiger partial charge in [0.15, 0.2) is 0 Å². The van der Waals surface area contributed by atoms with Gasteiger partial charge < -0.3 is 5.11 Å². The third-order valence-electron chi connectivity index (χ3n) is 3.49. The number of aliphatic hydroxyl groups is 1. The molecule has 0 heterocycles. The molecule has 1 fully saturated rings. The summed E-state index contributed by atoms with van der Waals surface area (Å²) < 4.78 is 0. The molecule has 0 aromatic heterocycles. The van der Waals surface area contributed by atoms with Gasteiger partial charge >= 0.3 is 0 Å². The van der Waals surface area contributed by atoms with Gasteiger partial charge in [0.05, 0.1) is 6.10 Å². The molecule has 2 rings (SSSR count). The van der Waals surface area contributed by atoms with Gasteiger partial charge in [0.25, 0.3) is 0 Å². The molecule has 68 valence electrons. The molecule has 1 heteroatoms. The number of hydrogen-bond acceptors (Lipinski definition) is 1. The molecule has 3 unspecified atom stereocenters. The van der Waals surface area contributed by atoms with Gasteiger partial charge in [-0.1, -0.05) is 24.5 Å². The van der Waals surface area contributed by atoms with Crippen LogP contribution in [0.2, 0.25) is 0 Å². The van der Waals surface area contributed by atoms with Crippen molar-refractivity contribution in [1.29, 1.82) is 0 Å². The molecule has 0 saturated heterocycles. The lowest BCUT2D eigenvalue weighted by atomic mass is 9.70. The summed E-state index contributed by atoms with van der Waals surface area (Å²) in [5.41, 5.74) is 1.44. The first kappa shape index (κ1) is 8.31. The number of aliphatic hydroxyl groups excluding tert-OH is 1. The van der Waals surface area contributed by atoms with E-state index in [1.165, 1.54) is 31.3 Å². The quantitative estimate of drug-likeness (QED) is 0.548. The van der Waals surface area contributed by atoms with Crippen molar-refractivity contribution in [3.8, 4) is 0 Å². The summed E-state index contributed by atoms with van der Waals surface area (Å²) in [5.74, 6) is 1.60. The molecule has 1 N–H and O–H groups in total. The number of hydrogen-bond donors (Lipinski definition) is 1. The van der Waals surface area contributed by atoms with Crippen LogP contribution in [-0.4, -0.2) is 11.2 Å². The molecule has 0 aromatic rings. The second kappa shape index (κ2) is 3.21. The molecule has 2 aliphatic rings. The Kier molecular flexibility index (Phi) is 2.22. The van der Waals surface area contributed by atoms with E-state index in [1.807, 2.05) is 0 Å². The molecule has 2 aliphatic carbocycles. The monoisotopic (exact) mass is 166 g/mol. The van der Waals surface area contributed by atoms with Crippen LogP contribution >= 0.6 is 0 Å². The second-order valence-corrected chi connectivity index (χ2v) is 4.36. The van der Waals surface area contributed by atoms with Crippen molar-refractivity contribution in [3.63, 3.8) is 0 Å². The first-order valence-electron chi connectivity index (χ1n) is 5.14. The van der Waals surface area contributed by atoms with Crippen LogP contribution in [0.5, 0.6) is 0 Å². The van der Waals surface area contributed by atoms with Crippen LogP contribution in [0.15, 0.2) is 11.6 Å². The van der Waals surface area contributed by atoms with E-state index in [2.05, 4.69) is 13.0 Å². The molecule has 0 bridgehead atoms. The van der Waals surface area contributed by atoms with Crippen molar-refractivity contribution < 1.29 is 5.11 Å². The van der Waals surface area contributed by atoms with Gasteiger partial charge in [-0.15, -0.1) is 0 Å². The van der Waals surface area contributed by atoms with Gasteiger partial charge in [0.2, 0.25) is 0 Å². The Morgan fingerprint density at radius 1 is 1.33 bits per heavy atom. The van der Waals surface area contributed by atoms with Crippen LogP contribution in [0.1, 0.15) is 39.0 Å². The zero-order valence-electron chi connectivity index (χ0n) is 7.79. The predicted molar refractivity (Wildman–Crippen MR) is 49.8 cm³/mol. The highest BCUT2D eigenvalue weighted by Crippen LogP contribution is 2.40. The molecule has 12 heavy (non-hydrogen) atoms. The van der Waals surface area contributed by atoms with E-state index >= 15 is 0 Å². The Labute approximate surface area is 74.5 Å². The van der Waals surface area contributed by atoms with Crippen molar-refractivity contribution in [2.75, 3.05) is 0 Å². The van der Waals surface area contributed by atoms with Crippen LogP contribution in [0.4, 0.5) is 0 Å². The topological polar surface area (TPSA) is 20.2 Å². The zero-order chi connectivity index (χ0) is 8.55. The van der Waals surface area contributed by atoms with E-state index in [4.69, 9.17) is 0 Å². The van der Waals surface area contributed by atoms with E-state index in [9.17, 15) is 5.11 Å². The smallest absolute Gasteiger partial charge is 0.0726 e. The minimum Gasteiger partial charge on any atom is -0.389 e. The average Bonchev–Trinajstić information content (AvgIpc) is 2.04. The van der Waals surface area contributed by atoms with E-state index in [-0.39, 0.29) is 6.10 Å². The molecule has 0 radical (unpaired) electrons. The maximum atomic E-state index is 9.54. The fourth-order valence-corrected chi connectivity index (χ4v) is 2.89. The maximum absolute atomic E-state index is 9.54. The van der Waals surface area contributed by atoms with Crippen molar-refractivity contribution in [3.05, 3.63) is 11.6 Å². The van der Waals surface area contributed by atoms with Crippen molar-refractivity contribution in [2.45, 2.75) is 45.1 Å². The highest BCUT2D eigenvalue weighted by molar-refractivity contribution is 5.13. The lowest BCUT2D eigenvalue weighted by molar-refractivity contribution is 0.130.